The van der Waals surface area contributed by atoms with Crippen molar-refractivity contribution in [3.05, 3.63) is 41.7 Å². The molecule has 2 aromatic rings. The molecule has 0 radical (unpaired) electrons. The highest BCUT2D eigenvalue weighted by Crippen LogP contribution is 2.37. The number of carbonyl (C=O) groups is 2. The van der Waals surface area contributed by atoms with Gasteiger partial charge in [0.15, 0.2) is 0 Å². The Kier molecular flexibility index (Phi) is 9.44. The number of H-pyrrole nitrogens is 1. The Bertz CT molecular complexity index is 1210. The summed E-state index contributed by atoms with van der Waals surface area (Å²) in [6.45, 7) is 1.83. The molecule has 1 unspecified atom stereocenters. The van der Waals surface area contributed by atoms with Crippen LogP contribution in [-0.2, 0) is 11.3 Å². The molecule has 1 saturated carbocycles. The molecule has 5 N–H and O–H groups in total. The molecule has 1 saturated heterocycles. The van der Waals surface area contributed by atoms with Gasteiger partial charge in [0, 0.05) is 30.8 Å². The minimum atomic E-state index is -4.39. The number of aromatic amines is 1. The molecule has 4 rings (SSSR count). The van der Waals surface area contributed by atoms with Crippen LogP contribution in [0.1, 0.15) is 73.5 Å². The maximum absolute atomic E-state index is 13.2. The van der Waals surface area contributed by atoms with E-state index in [0.29, 0.717) is 23.1 Å². The van der Waals surface area contributed by atoms with Gasteiger partial charge >= 0.3 is 6.18 Å². The van der Waals surface area contributed by atoms with E-state index >= 15 is 0 Å². The van der Waals surface area contributed by atoms with Crippen LogP contribution in [0.2, 0.25) is 0 Å². The predicted molar refractivity (Wildman–Crippen MR) is 141 cm³/mol. The molecule has 218 valence electrons. The predicted octanol–water partition coefficient (Wildman–Crippen LogP) is 3.63. The molecule has 2 amide bonds. The third-order valence-electron chi connectivity index (χ3n) is 7.86. The summed E-state index contributed by atoms with van der Waals surface area (Å²) in [5.41, 5.74) is 1.06. The van der Waals surface area contributed by atoms with Crippen LogP contribution in [0, 0.1) is 29.1 Å². The first kappa shape index (κ1) is 29.5. The maximum Gasteiger partial charge on any atom is 0.393 e. The number of aliphatic hydroxyl groups excluding tert-OH is 1. The minimum absolute atomic E-state index is 0.0178. The second kappa shape index (κ2) is 12.8. The third-order valence-corrected chi connectivity index (χ3v) is 7.86. The lowest BCUT2D eigenvalue weighted by Gasteiger charge is -2.32. The zero-order valence-electron chi connectivity index (χ0n) is 22.4. The standard InChI is InChI=1S/C27H36F3N7O3/c1-16-2-4-17(5-3-16)24(36-26(40)22-8-9-34-37(22)10-11-38)21-15-32-23(35-21)7-6-20(31)13-18-12-19(27(28,29)30)14-33-25(18)39/h6-9,15-19,24,31,38H,2-5,10-14H2,1H3,(H,32,35)(H,33,39)(H,36,40)/b7-6-,31-20?/t16?,17?,18?,19-,24+/m1/s1. The van der Waals surface area contributed by atoms with Crippen LogP contribution < -0.4 is 10.6 Å². The molecule has 2 aliphatic rings. The molecular weight excluding hydrogens is 527 g/mol. The summed E-state index contributed by atoms with van der Waals surface area (Å²) >= 11 is 0. The van der Waals surface area contributed by atoms with E-state index in [0.717, 1.165) is 25.7 Å². The van der Waals surface area contributed by atoms with Crippen molar-refractivity contribution >= 4 is 23.6 Å². The number of alkyl halides is 3. The van der Waals surface area contributed by atoms with Crippen LogP contribution in [0.5, 0.6) is 0 Å². The van der Waals surface area contributed by atoms with Gasteiger partial charge in [-0.2, -0.15) is 18.3 Å². The number of piperidine rings is 1. The second-order valence-corrected chi connectivity index (χ2v) is 10.8. The van der Waals surface area contributed by atoms with Crippen molar-refractivity contribution in [1.29, 1.82) is 5.41 Å². The summed E-state index contributed by atoms with van der Waals surface area (Å²) in [4.78, 5) is 32.8. The van der Waals surface area contributed by atoms with E-state index in [1.54, 1.807) is 18.3 Å². The van der Waals surface area contributed by atoms with Gasteiger partial charge in [0.05, 0.1) is 37.0 Å². The molecule has 1 aliphatic heterocycles. The van der Waals surface area contributed by atoms with Crippen LogP contribution >= 0.6 is 0 Å². The SMILES string of the molecule is CC1CCC([C@H](NC(=O)c2ccnn2CCO)c2cnc(/C=C\C(=N)CC3C[C@@H](C(F)(F)F)CNC3=O)[nH]2)CC1. The third kappa shape index (κ3) is 7.38. The number of hydrogen-bond donors (Lipinski definition) is 5. The van der Waals surface area contributed by atoms with Crippen LogP contribution in [0.25, 0.3) is 6.08 Å². The Morgan fingerprint density at radius 2 is 2.08 bits per heavy atom. The Morgan fingerprint density at radius 1 is 1.32 bits per heavy atom. The largest absolute Gasteiger partial charge is 0.394 e. The molecule has 10 nitrogen and oxygen atoms in total. The highest BCUT2D eigenvalue weighted by Gasteiger charge is 2.44. The first-order valence-electron chi connectivity index (χ1n) is 13.6. The molecule has 0 aromatic carbocycles. The van der Waals surface area contributed by atoms with E-state index < -0.39 is 30.5 Å². The number of hydrogen-bond acceptors (Lipinski definition) is 6. The zero-order valence-corrected chi connectivity index (χ0v) is 22.4. The molecule has 0 bridgehead atoms. The number of aromatic nitrogens is 4. The zero-order chi connectivity index (χ0) is 28.9. The molecule has 3 heterocycles. The number of carbonyl (C=O) groups excluding carboxylic acids is 2. The van der Waals surface area contributed by atoms with E-state index in [1.807, 2.05) is 0 Å². The Hall–Kier alpha value is -3.48. The average Bonchev–Trinajstić information content (AvgIpc) is 3.57. The van der Waals surface area contributed by atoms with Crippen molar-refractivity contribution < 1.29 is 27.9 Å². The molecule has 13 heteroatoms. The number of amides is 2. The van der Waals surface area contributed by atoms with Gasteiger partial charge in [-0.3, -0.25) is 14.3 Å². The number of aliphatic hydroxyl groups is 1. The van der Waals surface area contributed by atoms with Gasteiger partial charge in [-0.25, -0.2) is 4.98 Å². The van der Waals surface area contributed by atoms with Gasteiger partial charge in [0.1, 0.15) is 11.5 Å². The topological polar surface area (TPSA) is 149 Å². The van der Waals surface area contributed by atoms with E-state index in [-0.39, 0.29) is 49.6 Å². The van der Waals surface area contributed by atoms with Crippen LogP contribution in [-0.4, -0.2) is 61.7 Å². The highest BCUT2D eigenvalue weighted by molar-refractivity contribution is 5.98. The number of rotatable bonds is 10. The number of nitrogens with one attached hydrogen (secondary N) is 4. The fraction of sp³-hybridized carbons (Fsp3) is 0.593. The summed E-state index contributed by atoms with van der Waals surface area (Å²) < 4.78 is 40.8. The first-order chi connectivity index (χ1) is 19.0. The first-order valence-corrected chi connectivity index (χ1v) is 13.6. The number of allylic oxidation sites excluding steroid dienone is 1. The summed E-state index contributed by atoms with van der Waals surface area (Å²) in [5, 5.41) is 27.0. The van der Waals surface area contributed by atoms with Crippen molar-refractivity contribution in [2.24, 2.45) is 23.7 Å². The Labute approximate surface area is 230 Å². The van der Waals surface area contributed by atoms with Gasteiger partial charge in [0.25, 0.3) is 5.91 Å². The van der Waals surface area contributed by atoms with E-state index in [2.05, 4.69) is 32.6 Å². The van der Waals surface area contributed by atoms with Gasteiger partial charge in [0.2, 0.25) is 5.91 Å². The van der Waals surface area contributed by atoms with Gasteiger partial charge in [-0.15, -0.1) is 0 Å². The molecular formula is C27H36F3N7O3. The van der Waals surface area contributed by atoms with Gasteiger partial charge in [-0.05, 0) is 49.3 Å². The number of imidazole rings is 1. The molecule has 2 fully saturated rings. The summed E-state index contributed by atoms with van der Waals surface area (Å²) in [7, 11) is 0. The lowest BCUT2D eigenvalue weighted by molar-refractivity contribution is -0.183. The summed E-state index contributed by atoms with van der Waals surface area (Å²) in [6, 6.07) is 1.25. The fourth-order valence-electron chi connectivity index (χ4n) is 5.52. The van der Waals surface area contributed by atoms with Crippen molar-refractivity contribution in [2.45, 2.75) is 64.2 Å². The fourth-order valence-corrected chi connectivity index (χ4v) is 5.52. The Morgan fingerprint density at radius 3 is 2.77 bits per heavy atom. The summed E-state index contributed by atoms with van der Waals surface area (Å²) in [6.07, 6.45) is 5.23. The van der Waals surface area contributed by atoms with Crippen LogP contribution in [0.3, 0.4) is 0 Å². The maximum atomic E-state index is 13.2. The van der Waals surface area contributed by atoms with E-state index in [9.17, 15) is 27.9 Å². The van der Waals surface area contributed by atoms with Gasteiger partial charge in [-0.1, -0.05) is 19.8 Å². The summed E-state index contributed by atoms with van der Waals surface area (Å²) in [5.74, 6) is -2.10. The molecule has 1 aliphatic carbocycles. The minimum Gasteiger partial charge on any atom is -0.394 e. The highest BCUT2D eigenvalue weighted by atomic mass is 19.4. The molecule has 3 atom stereocenters. The Balaban J connectivity index is 1.44. The van der Waals surface area contributed by atoms with Crippen LogP contribution in [0.4, 0.5) is 13.2 Å². The molecule has 40 heavy (non-hydrogen) atoms. The molecule has 2 aromatic heterocycles. The number of halogens is 3. The lowest BCUT2D eigenvalue weighted by atomic mass is 9.78. The smallest absolute Gasteiger partial charge is 0.393 e. The molecule has 0 spiro atoms. The quantitative estimate of drug-likeness (QED) is 0.280. The van der Waals surface area contributed by atoms with E-state index in [4.69, 9.17) is 5.41 Å². The van der Waals surface area contributed by atoms with Crippen molar-refractivity contribution in [3.8, 4) is 0 Å². The second-order valence-electron chi connectivity index (χ2n) is 10.8. The monoisotopic (exact) mass is 563 g/mol. The van der Waals surface area contributed by atoms with E-state index in [1.165, 1.54) is 17.0 Å². The normalized spacial score (nSPS) is 24.6. The van der Waals surface area contributed by atoms with Crippen molar-refractivity contribution in [3.63, 3.8) is 0 Å². The van der Waals surface area contributed by atoms with Gasteiger partial charge < -0.3 is 26.1 Å². The van der Waals surface area contributed by atoms with Crippen molar-refractivity contribution in [2.75, 3.05) is 13.2 Å². The number of nitrogens with zero attached hydrogens (tertiary/aromatic N) is 3. The van der Waals surface area contributed by atoms with Crippen molar-refractivity contribution in [1.82, 2.24) is 30.4 Å². The lowest BCUT2D eigenvalue weighted by Crippen LogP contribution is -2.46. The van der Waals surface area contributed by atoms with Crippen LogP contribution in [0.15, 0.2) is 24.5 Å². The average molecular weight is 564 g/mol.